The Bertz CT molecular complexity index is 457. The lowest BCUT2D eigenvalue weighted by atomic mass is 9.82. The molecule has 1 saturated heterocycles. The van der Waals surface area contributed by atoms with Gasteiger partial charge in [-0.2, -0.15) is 0 Å². The lowest BCUT2D eigenvalue weighted by Crippen LogP contribution is -2.47. The number of rotatable bonds is 3. The summed E-state index contributed by atoms with van der Waals surface area (Å²) in [4.78, 5) is 2.28. The van der Waals surface area contributed by atoms with E-state index in [1.165, 1.54) is 5.56 Å². The van der Waals surface area contributed by atoms with Crippen molar-refractivity contribution >= 4 is 5.69 Å². The molecule has 0 aromatic heterocycles. The zero-order valence-corrected chi connectivity index (χ0v) is 11.2. The molecule has 1 unspecified atom stereocenters. The molecule has 1 fully saturated rings. The molecule has 0 radical (unpaired) electrons. The Hall–Kier alpha value is -1.13. The lowest BCUT2D eigenvalue weighted by Gasteiger charge is -2.39. The quantitative estimate of drug-likeness (QED) is 0.907. The van der Waals surface area contributed by atoms with Crippen LogP contribution in [-0.4, -0.2) is 32.8 Å². The molecule has 1 aromatic rings. The topological polar surface area (TPSA) is 38.5 Å². The molecule has 0 bridgehead atoms. The van der Waals surface area contributed by atoms with Crippen LogP contribution in [-0.2, 0) is 11.2 Å². The molecule has 19 heavy (non-hydrogen) atoms. The molecule has 3 rings (SSSR count). The van der Waals surface area contributed by atoms with Gasteiger partial charge in [0.2, 0.25) is 0 Å². The van der Waals surface area contributed by atoms with Gasteiger partial charge in [-0.25, -0.2) is 4.39 Å². The third-order valence-corrected chi connectivity index (χ3v) is 4.40. The van der Waals surface area contributed by atoms with Gasteiger partial charge in [-0.1, -0.05) is 6.07 Å². The Morgan fingerprint density at radius 2 is 2.32 bits per heavy atom. The average Bonchev–Trinajstić information content (AvgIpc) is 2.82. The van der Waals surface area contributed by atoms with Crippen LogP contribution in [0.3, 0.4) is 0 Å². The predicted molar refractivity (Wildman–Crippen MR) is 73.9 cm³/mol. The van der Waals surface area contributed by atoms with Gasteiger partial charge in [-0.3, -0.25) is 0 Å². The van der Waals surface area contributed by atoms with E-state index >= 15 is 0 Å². The van der Waals surface area contributed by atoms with E-state index in [4.69, 9.17) is 10.5 Å². The Balaban J connectivity index is 1.79. The van der Waals surface area contributed by atoms with Crippen molar-refractivity contribution < 1.29 is 9.13 Å². The van der Waals surface area contributed by atoms with E-state index in [0.717, 1.165) is 51.3 Å². The summed E-state index contributed by atoms with van der Waals surface area (Å²) < 4.78 is 19.0. The van der Waals surface area contributed by atoms with Gasteiger partial charge in [0.05, 0.1) is 6.61 Å². The molecular formula is C15H21FN2O. The second kappa shape index (κ2) is 5.10. The molecule has 0 aliphatic carbocycles. The van der Waals surface area contributed by atoms with Crippen LogP contribution in [0.1, 0.15) is 18.4 Å². The van der Waals surface area contributed by atoms with Gasteiger partial charge in [0.15, 0.2) is 0 Å². The van der Waals surface area contributed by atoms with Gasteiger partial charge >= 0.3 is 0 Å². The number of benzene rings is 1. The number of hydrogen-bond donors (Lipinski definition) is 1. The smallest absolute Gasteiger partial charge is 0.125 e. The van der Waals surface area contributed by atoms with Gasteiger partial charge < -0.3 is 15.4 Å². The summed E-state index contributed by atoms with van der Waals surface area (Å²) >= 11 is 0. The second-order valence-corrected chi connectivity index (χ2v) is 5.80. The monoisotopic (exact) mass is 264 g/mol. The maximum atomic E-state index is 13.4. The highest BCUT2D eigenvalue weighted by atomic mass is 19.1. The first-order valence-electron chi connectivity index (χ1n) is 7.04. The molecule has 0 saturated carbocycles. The molecule has 2 heterocycles. The van der Waals surface area contributed by atoms with Crippen molar-refractivity contribution in [1.82, 2.24) is 0 Å². The third-order valence-electron chi connectivity index (χ3n) is 4.40. The van der Waals surface area contributed by atoms with Gasteiger partial charge in [0.1, 0.15) is 5.82 Å². The highest BCUT2D eigenvalue weighted by Gasteiger charge is 2.35. The second-order valence-electron chi connectivity index (χ2n) is 5.80. The Labute approximate surface area is 113 Å². The summed E-state index contributed by atoms with van der Waals surface area (Å²) in [5, 5.41) is 0. The van der Waals surface area contributed by atoms with E-state index in [9.17, 15) is 4.39 Å². The van der Waals surface area contributed by atoms with Crippen LogP contribution in [0.2, 0.25) is 0 Å². The molecule has 2 aliphatic heterocycles. The Morgan fingerprint density at radius 3 is 3.05 bits per heavy atom. The molecule has 0 spiro atoms. The van der Waals surface area contributed by atoms with Crippen molar-refractivity contribution in [2.75, 3.05) is 37.7 Å². The third kappa shape index (κ3) is 2.47. The van der Waals surface area contributed by atoms with Crippen molar-refractivity contribution in [2.45, 2.75) is 19.3 Å². The van der Waals surface area contributed by atoms with E-state index in [-0.39, 0.29) is 11.2 Å². The molecule has 2 aliphatic rings. The first-order chi connectivity index (χ1) is 9.22. The largest absolute Gasteiger partial charge is 0.381 e. The number of nitrogens with two attached hydrogens (primary N) is 1. The SMILES string of the molecule is NCC1(CN2CCc3ccc(F)cc32)CCCOC1. The van der Waals surface area contributed by atoms with Crippen LogP contribution in [0.4, 0.5) is 10.1 Å². The highest BCUT2D eigenvalue weighted by Crippen LogP contribution is 2.35. The maximum Gasteiger partial charge on any atom is 0.125 e. The number of hydrogen-bond acceptors (Lipinski definition) is 3. The molecule has 3 nitrogen and oxygen atoms in total. The fourth-order valence-corrected chi connectivity index (χ4v) is 3.25. The minimum absolute atomic E-state index is 0.0339. The van der Waals surface area contributed by atoms with Crippen LogP contribution in [0, 0.1) is 11.2 Å². The van der Waals surface area contributed by atoms with E-state index in [0.29, 0.717) is 6.54 Å². The lowest BCUT2D eigenvalue weighted by molar-refractivity contribution is 0.00139. The van der Waals surface area contributed by atoms with E-state index in [2.05, 4.69) is 4.90 Å². The van der Waals surface area contributed by atoms with Crippen molar-refractivity contribution in [3.8, 4) is 0 Å². The molecule has 1 aromatic carbocycles. The Morgan fingerprint density at radius 1 is 1.42 bits per heavy atom. The Kier molecular flexibility index (Phi) is 3.46. The number of halogens is 1. The molecule has 104 valence electrons. The van der Waals surface area contributed by atoms with Crippen LogP contribution >= 0.6 is 0 Å². The zero-order valence-electron chi connectivity index (χ0n) is 11.2. The summed E-state index contributed by atoms with van der Waals surface area (Å²) in [5.41, 5.74) is 8.30. The number of anilines is 1. The summed E-state index contributed by atoms with van der Waals surface area (Å²) in [7, 11) is 0. The van der Waals surface area contributed by atoms with Gasteiger partial charge in [-0.15, -0.1) is 0 Å². The molecular weight excluding hydrogens is 243 g/mol. The van der Waals surface area contributed by atoms with Crippen molar-refractivity contribution in [2.24, 2.45) is 11.1 Å². The maximum absolute atomic E-state index is 13.4. The molecule has 2 N–H and O–H groups in total. The van der Waals surface area contributed by atoms with Gasteiger partial charge in [-0.05, 0) is 37.0 Å². The minimum Gasteiger partial charge on any atom is -0.381 e. The predicted octanol–water partition coefficient (Wildman–Crippen LogP) is 1.94. The molecule has 4 heteroatoms. The van der Waals surface area contributed by atoms with E-state index < -0.39 is 0 Å². The number of ether oxygens (including phenoxy) is 1. The number of nitrogens with zero attached hydrogens (tertiary/aromatic N) is 1. The van der Waals surface area contributed by atoms with Crippen molar-refractivity contribution in [1.29, 1.82) is 0 Å². The minimum atomic E-state index is -0.160. The van der Waals surface area contributed by atoms with Gasteiger partial charge in [0.25, 0.3) is 0 Å². The van der Waals surface area contributed by atoms with Crippen molar-refractivity contribution in [3.63, 3.8) is 0 Å². The first-order valence-corrected chi connectivity index (χ1v) is 7.04. The average molecular weight is 264 g/mol. The fourth-order valence-electron chi connectivity index (χ4n) is 3.25. The van der Waals surface area contributed by atoms with Crippen LogP contribution < -0.4 is 10.6 Å². The van der Waals surface area contributed by atoms with E-state index in [1.54, 1.807) is 12.1 Å². The normalized spacial score (nSPS) is 26.5. The number of fused-ring (bicyclic) bond motifs is 1. The molecule has 1 atom stereocenters. The molecule has 0 amide bonds. The highest BCUT2D eigenvalue weighted by molar-refractivity contribution is 5.58. The summed E-state index contributed by atoms with van der Waals surface area (Å²) in [6.45, 7) is 4.03. The summed E-state index contributed by atoms with van der Waals surface area (Å²) in [5.74, 6) is -0.160. The van der Waals surface area contributed by atoms with Crippen molar-refractivity contribution in [3.05, 3.63) is 29.6 Å². The zero-order chi connectivity index (χ0) is 13.3. The first kappa shape index (κ1) is 12.9. The summed E-state index contributed by atoms with van der Waals surface area (Å²) in [6.07, 6.45) is 3.17. The van der Waals surface area contributed by atoms with Crippen LogP contribution in [0.5, 0.6) is 0 Å². The fraction of sp³-hybridized carbons (Fsp3) is 0.600. The van der Waals surface area contributed by atoms with Gasteiger partial charge in [0, 0.05) is 37.3 Å². The van der Waals surface area contributed by atoms with E-state index in [1.807, 2.05) is 6.07 Å². The summed E-state index contributed by atoms with van der Waals surface area (Å²) in [6, 6.07) is 5.10. The standard InChI is InChI=1S/C15H21FN2O/c16-13-3-2-12-4-6-18(14(12)8-13)10-15(9-17)5-1-7-19-11-15/h2-3,8H,1,4-7,9-11,17H2. The van der Waals surface area contributed by atoms with Crippen LogP contribution in [0.25, 0.3) is 0 Å². The van der Waals surface area contributed by atoms with Crippen LogP contribution in [0.15, 0.2) is 18.2 Å².